The number of nitrogens with one attached hydrogen (secondary N) is 2. The molecule has 2 N–H and O–H groups in total. The first kappa shape index (κ1) is 14.9. The fourth-order valence-corrected chi connectivity index (χ4v) is 2.48. The van der Waals surface area contributed by atoms with Crippen LogP contribution < -0.4 is 10.0 Å². The maximum atomic E-state index is 12.0. The normalized spacial score (nSPS) is 11.8. The monoisotopic (exact) mass is 271 g/mol. The van der Waals surface area contributed by atoms with E-state index in [0.29, 0.717) is 24.8 Å². The number of hydrogen-bond acceptors (Lipinski definition) is 4. The summed E-state index contributed by atoms with van der Waals surface area (Å²) in [6, 6.07) is 3.04. The Hall–Kier alpha value is -1.14. The van der Waals surface area contributed by atoms with E-state index in [0.717, 1.165) is 6.42 Å². The highest BCUT2D eigenvalue weighted by molar-refractivity contribution is 7.89. The van der Waals surface area contributed by atoms with Crippen LogP contribution in [0.4, 0.5) is 5.82 Å². The van der Waals surface area contributed by atoms with Crippen LogP contribution in [0.15, 0.2) is 23.2 Å². The van der Waals surface area contributed by atoms with Gasteiger partial charge >= 0.3 is 0 Å². The van der Waals surface area contributed by atoms with Gasteiger partial charge in [-0.25, -0.2) is 18.1 Å². The van der Waals surface area contributed by atoms with Gasteiger partial charge in [-0.1, -0.05) is 13.8 Å². The standard InChI is InChI=1S/C12H21N3O2S/c1-4-13-12-9-11(6-7-14-12)18(16,17)15-8-5-10(2)3/h6-7,9-10,15H,4-5,8H2,1-3H3,(H,13,14). The number of hydrogen-bond donors (Lipinski definition) is 2. The van der Waals surface area contributed by atoms with Crippen LogP contribution in [0.1, 0.15) is 27.2 Å². The van der Waals surface area contributed by atoms with E-state index in [1.807, 2.05) is 6.92 Å². The highest BCUT2D eigenvalue weighted by atomic mass is 32.2. The lowest BCUT2D eigenvalue weighted by atomic mass is 10.1. The topological polar surface area (TPSA) is 71.1 Å². The molecule has 102 valence electrons. The van der Waals surface area contributed by atoms with Crippen LogP contribution in [0.2, 0.25) is 0 Å². The number of pyridine rings is 1. The second-order valence-electron chi connectivity index (χ2n) is 4.49. The Morgan fingerprint density at radius 2 is 2.11 bits per heavy atom. The zero-order chi connectivity index (χ0) is 13.6. The second kappa shape index (κ2) is 6.70. The van der Waals surface area contributed by atoms with E-state index in [1.54, 1.807) is 6.07 Å². The molecule has 0 amide bonds. The van der Waals surface area contributed by atoms with Crippen molar-refractivity contribution in [2.75, 3.05) is 18.4 Å². The molecule has 0 atom stereocenters. The predicted molar refractivity (Wildman–Crippen MR) is 73.0 cm³/mol. The minimum Gasteiger partial charge on any atom is -0.370 e. The minimum absolute atomic E-state index is 0.247. The van der Waals surface area contributed by atoms with Crippen molar-refractivity contribution in [2.24, 2.45) is 5.92 Å². The van der Waals surface area contributed by atoms with E-state index in [1.165, 1.54) is 12.3 Å². The summed E-state index contributed by atoms with van der Waals surface area (Å²) in [4.78, 5) is 4.30. The van der Waals surface area contributed by atoms with E-state index in [9.17, 15) is 8.42 Å². The van der Waals surface area contributed by atoms with E-state index in [4.69, 9.17) is 0 Å². The van der Waals surface area contributed by atoms with Crippen molar-refractivity contribution in [3.8, 4) is 0 Å². The third kappa shape index (κ3) is 4.62. The SMILES string of the molecule is CCNc1cc(S(=O)(=O)NCCC(C)C)ccn1. The van der Waals surface area contributed by atoms with Gasteiger partial charge in [0.15, 0.2) is 0 Å². The van der Waals surface area contributed by atoms with Crippen molar-refractivity contribution in [1.29, 1.82) is 0 Å². The van der Waals surface area contributed by atoms with E-state index in [2.05, 4.69) is 28.9 Å². The molecule has 0 spiro atoms. The highest BCUT2D eigenvalue weighted by Crippen LogP contribution is 2.12. The average molecular weight is 271 g/mol. The molecule has 0 unspecified atom stereocenters. The average Bonchev–Trinajstić information content (AvgIpc) is 2.29. The van der Waals surface area contributed by atoms with Crippen molar-refractivity contribution in [2.45, 2.75) is 32.1 Å². The number of anilines is 1. The highest BCUT2D eigenvalue weighted by Gasteiger charge is 2.14. The molecule has 1 heterocycles. The summed E-state index contributed by atoms with van der Waals surface area (Å²) in [5.41, 5.74) is 0. The molecule has 0 bridgehead atoms. The molecule has 0 fully saturated rings. The van der Waals surface area contributed by atoms with Crippen LogP contribution in [-0.4, -0.2) is 26.5 Å². The molecular formula is C12H21N3O2S. The fourth-order valence-electron chi connectivity index (χ4n) is 1.42. The quantitative estimate of drug-likeness (QED) is 0.794. The maximum absolute atomic E-state index is 12.0. The van der Waals surface area contributed by atoms with Crippen LogP contribution in [0, 0.1) is 5.92 Å². The molecule has 0 saturated carbocycles. The summed E-state index contributed by atoms with van der Waals surface area (Å²) in [5.74, 6) is 1.05. The Labute approximate surface area is 109 Å². The van der Waals surface area contributed by atoms with Gasteiger partial charge in [0.2, 0.25) is 10.0 Å². The van der Waals surface area contributed by atoms with Crippen molar-refractivity contribution in [1.82, 2.24) is 9.71 Å². The molecule has 0 radical (unpaired) electrons. The lowest BCUT2D eigenvalue weighted by Gasteiger charge is -2.09. The first-order valence-corrected chi connectivity index (χ1v) is 7.63. The van der Waals surface area contributed by atoms with Gasteiger partial charge in [0.1, 0.15) is 5.82 Å². The van der Waals surface area contributed by atoms with Crippen molar-refractivity contribution < 1.29 is 8.42 Å². The number of aromatic nitrogens is 1. The minimum atomic E-state index is -3.43. The Morgan fingerprint density at radius 3 is 2.72 bits per heavy atom. The van der Waals surface area contributed by atoms with Crippen LogP contribution in [0.3, 0.4) is 0 Å². The van der Waals surface area contributed by atoms with Gasteiger partial charge in [0.25, 0.3) is 0 Å². The number of nitrogens with zero attached hydrogens (tertiary/aromatic N) is 1. The molecule has 1 aromatic heterocycles. The molecule has 5 nitrogen and oxygen atoms in total. The van der Waals surface area contributed by atoms with Crippen LogP contribution >= 0.6 is 0 Å². The van der Waals surface area contributed by atoms with Crippen LogP contribution in [0.25, 0.3) is 0 Å². The first-order chi connectivity index (χ1) is 8.45. The molecule has 0 aliphatic carbocycles. The van der Waals surface area contributed by atoms with Gasteiger partial charge in [0, 0.05) is 25.4 Å². The van der Waals surface area contributed by atoms with Gasteiger partial charge in [-0.3, -0.25) is 0 Å². The summed E-state index contributed by atoms with van der Waals surface area (Å²) in [6.45, 7) is 7.22. The molecule has 0 saturated heterocycles. The van der Waals surface area contributed by atoms with Gasteiger partial charge in [-0.15, -0.1) is 0 Å². The zero-order valence-electron chi connectivity index (χ0n) is 11.1. The van der Waals surface area contributed by atoms with Crippen LogP contribution in [0.5, 0.6) is 0 Å². The molecule has 1 aromatic rings. The van der Waals surface area contributed by atoms with Gasteiger partial charge < -0.3 is 5.32 Å². The largest absolute Gasteiger partial charge is 0.370 e. The Bertz CT molecular complexity index is 472. The van der Waals surface area contributed by atoms with E-state index in [-0.39, 0.29) is 4.90 Å². The molecule has 1 rings (SSSR count). The van der Waals surface area contributed by atoms with Crippen molar-refractivity contribution in [3.63, 3.8) is 0 Å². The summed E-state index contributed by atoms with van der Waals surface area (Å²) in [7, 11) is -3.43. The third-order valence-electron chi connectivity index (χ3n) is 2.41. The third-order valence-corrected chi connectivity index (χ3v) is 3.87. The molecule has 18 heavy (non-hydrogen) atoms. The van der Waals surface area contributed by atoms with Gasteiger partial charge in [0.05, 0.1) is 4.90 Å². The first-order valence-electron chi connectivity index (χ1n) is 6.15. The Balaban J connectivity index is 2.75. The van der Waals surface area contributed by atoms with Gasteiger partial charge in [-0.05, 0) is 25.3 Å². The summed E-state index contributed by atoms with van der Waals surface area (Å²) in [6.07, 6.45) is 2.32. The Morgan fingerprint density at radius 1 is 1.39 bits per heavy atom. The fraction of sp³-hybridized carbons (Fsp3) is 0.583. The molecule has 0 aromatic carbocycles. The summed E-state index contributed by atoms with van der Waals surface area (Å²) in [5, 5.41) is 2.99. The lowest BCUT2D eigenvalue weighted by Crippen LogP contribution is -2.25. The van der Waals surface area contributed by atoms with Gasteiger partial charge in [-0.2, -0.15) is 0 Å². The lowest BCUT2D eigenvalue weighted by molar-refractivity contribution is 0.551. The molecule has 6 heteroatoms. The summed E-state index contributed by atoms with van der Waals surface area (Å²) >= 11 is 0. The maximum Gasteiger partial charge on any atom is 0.240 e. The predicted octanol–water partition coefficient (Wildman–Crippen LogP) is 1.84. The van der Waals surface area contributed by atoms with Crippen molar-refractivity contribution >= 4 is 15.8 Å². The zero-order valence-corrected chi connectivity index (χ0v) is 11.9. The number of sulfonamides is 1. The smallest absolute Gasteiger partial charge is 0.240 e. The number of rotatable bonds is 7. The molecular weight excluding hydrogens is 250 g/mol. The van der Waals surface area contributed by atoms with E-state index < -0.39 is 10.0 Å². The molecule has 0 aliphatic heterocycles. The van der Waals surface area contributed by atoms with E-state index >= 15 is 0 Å². The Kier molecular flexibility index (Phi) is 5.55. The van der Waals surface area contributed by atoms with Crippen LogP contribution in [-0.2, 0) is 10.0 Å². The second-order valence-corrected chi connectivity index (χ2v) is 6.25. The summed E-state index contributed by atoms with van der Waals surface area (Å²) < 4.78 is 26.6. The van der Waals surface area contributed by atoms with Crippen molar-refractivity contribution in [3.05, 3.63) is 18.3 Å². The molecule has 0 aliphatic rings.